The molecule has 0 aliphatic rings. The van der Waals surface area contributed by atoms with Crippen LogP contribution in [-0.4, -0.2) is 37.2 Å². The Morgan fingerprint density at radius 1 is 0.259 bits per heavy atom. The third-order valence-electron chi connectivity index (χ3n) is 15.7. The second-order valence-corrected chi connectivity index (χ2v) is 23.8. The third kappa shape index (κ3) is 67.5. The summed E-state index contributed by atoms with van der Waals surface area (Å²) in [6.07, 6.45) is 91.3. The van der Waals surface area contributed by atoms with Crippen LogP contribution in [0.3, 0.4) is 0 Å². The van der Waals surface area contributed by atoms with Gasteiger partial charge < -0.3 is 14.2 Å². The Labute approximate surface area is 503 Å². The van der Waals surface area contributed by atoms with Gasteiger partial charge in [0.2, 0.25) is 0 Å². The lowest BCUT2D eigenvalue weighted by atomic mass is 10.0. The van der Waals surface area contributed by atoms with Crippen molar-refractivity contribution in [2.24, 2.45) is 0 Å². The minimum Gasteiger partial charge on any atom is -0.462 e. The summed E-state index contributed by atoms with van der Waals surface area (Å²) >= 11 is 0. The van der Waals surface area contributed by atoms with Crippen LogP contribution in [0.1, 0.15) is 367 Å². The summed E-state index contributed by atoms with van der Waals surface area (Å²) < 4.78 is 16.8. The van der Waals surface area contributed by atoms with Gasteiger partial charge in [-0.25, -0.2) is 0 Å². The average Bonchev–Trinajstić information content (AvgIpc) is 3.47. The molecule has 0 radical (unpaired) electrons. The van der Waals surface area contributed by atoms with Crippen molar-refractivity contribution in [2.45, 2.75) is 374 Å². The molecule has 1 unspecified atom stereocenters. The first-order valence-corrected chi connectivity index (χ1v) is 35.4. The standard InChI is InChI=1S/C75H134O6/c1-4-7-10-13-16-19-22-24-26-28-30-31-32-33-34-35-36-37-38-39-40-41-42-43-44-46-47-49-51-53-56-59-62-65-68-74(77)80-71-72(70-79-73(76)67-64-61-58-55-21-18-15-12-9-6-3)81-75(78)69-66-63-60-57-54-52-50-48-45-29-27-25-23-20-17-14-11-8-5-2/h8,11,17,20,25,27,45,48,52,54,60,63,72H,4-7,9-10,12-16,18-19,21-24,26,28-44,46-47,49-51,53,55-59,61-62,64-71H2,1-3H3/b11-8-,20-17-,27-25-,48-45-,54-52-,63-60-. The molecule has 0 saturated carbocycles. The third-order valence-corrected chi connectivity index (χ3v) is 15.7. The molecule has 0 aromatic carbocycles. The molecule has 0 saturated heterocycles. The molecule has 0 N–H and O–H groups in total. The molecular formula is C75H134O6. The van der Waals surface area contributed by atoms with Crippen molar-refractivity contribution in [3.63, 3.8) is 0 Å². The van der Waals surface area contributed by atoms with E-state index < -0.39 is 6.10 Å². The fourth-order valence-electron chi connectivity index (χ4n) is 10.5. The summed E-state index contributed by atoms with van der Waals surface area (Å²) in [6.45, 7) is 6.50. The molecule has 0 aromatic rings. The van der Waals surface area contributed by atoms with Crippen molar-refractivity contribution < 1.29 is 28.6 Å². The lowest BCUT2D eigenvalue weighted by Crippen LogP contribution is -2.30. The van der Waals surface area contributed by atoms with Crippen LogP contribution in [0.4, 0.5) is 0 Å². The van der Waals surface area contributed by atoms with Crippen LogP contribution in [0, 0.1) is 0 Å². The topological polar surface area (TPSA) is 78.9 Å². The van der Waals surface area contributed by atoms with E-state index in [1.165, 1.54) is 244 Å². The Morgan fingerprint density at radius 3 is 0.728 bits per heavy atom. The maximum atomic E-state index is 12.9. The molecule has 0 heterocycles. The minimum absolute atomic E-state index is 0.101. The lowest BCUT2D eigenvalue weighted by molar-refractivity contribution is -0.166. The van der Waals surface area contributed by atoms with E-state index in [-0.39, 0.29) is 37.5 Å². The number of unbranched alkanes of at least 4 members (excludes halogenated alkanes) is 42. The van der Waals surface area contributed by atoms with Crippen LogP contribution >= 0.6 is 0 Å². The van der Waals surface area contributed by atoms with Gasteiger partial charge in [0.1, 0.15) is 13.2 Å². The van der Waals surface area contributed by atoms with Crippen LogP contribution in [-0.2, 0) is 28.6 Å². The maximum absolute atomic E-state index is 12.9. The minimum atomic E-state index is -0.814. The van der Waals surface area contributed by atoms with Crippen LogP contribution in [0.5, 0.6) is 0 Å². The van der Waals surface area contributed by atoms with Crippen LogP contribution < -0.4 is 0 Å². The fourth-order valence-corrected chi connectivity index (χ4v) is 10.5. The number of hydrogen-bond donors (Lipinski definition) is 0. The first-order chi connectivity index (χ1) is 40.0. The van der Waals surface area contributed by atoms with Gasteiger partial charge in [-0.15, -0.1) is 0 Å². The predicted octanol–water partition coefficient (Wildman–Crippen LogP) is 24.4. The monoisotopic (exact) mass is 1130 g/mol. The van der Waals surface area contributed by atoms with Gasteiger partial charge >= 0.3 is 17.9 Å². The fraction of sp³-hybridized carbons (Fsp3) is 0.800. The molecule has 0 amide bonds. The number of esters is 3. The zero-order valence-corrected chi connectivity index (χ0v) is 54.1. The van der Waals surface area contributed by atoms with E-state index in [1.807, 2.05) is 6.08 Å². The highest BCUT2D eigenvalue weighted by Gasteiger charge is 2.19. The van der Waals surface area contributed by atoms with Gasteiger partial charge in [0.05, 0.1) is 0 Å². The molecule has 0 fully saturated rings. The molecule has 0 spiro atoms. The van der Waals surface area contributed by atoms with Gasteiger partial charge in [-0.3, -0.25) is 14.4 Å². The van der Waals surface area contributed by atoms with Gasteiger partial charge in [-0.1, -0.05) is 363 Å². The molecule has 0 bridgehead atoms. The quantitative estimate of drug-likeness (QED) is 0.0261. The highest BCUT2D eigenvalue weighted by atomic mass is 16.6. The number of hydrogen-bond acceptors (Lipinski definition) is 6. The lowest BCUT2D eigenvalue weighted by Gasteiger charge is -2.18. The second-order valence-electron chi connectivity index (χ2n) is 23.8. The van der Waals surface area contributed by atoms with Gasteiger partial charge in [-0.05, 0) is 57.8 Å². The average molecular weight is 1130 g/mol. The Kier molecular flexibility index (Phi) is 66.6. The summed E-state index contributed by atoms with van der Waals surface area (Å²) in [4.78, 5) is 38.2. The molecule has 81 heavy (non-hydrogen) atoms. The number of ether oxygens (including phenoxy) is 3. The van der Waals surface area contributed by atoms with Crippen molar-refractivity contribution in [1.29, 1.82) is 0 Å². The molecule has 0 rings (SSSR count). The van der Waals surface area contributed by atoms with E-state index in [2.05, 4.69) is 87.6 Å². The van der Waals surface area contributed by atoms with E-state index in [0.29, 0.717) is 19.3 Å². The molecule has 6 nitrogen and oxygen atoms in total. The second kappa shape index (κ2) is 69.3. The number of carbonyl (C=O) groups excluding carboxylic acids is 3. The van der Waals surface area contributed by atoms with Gasteiger partial charge in [-0.2, -0.15) is 0 Å². The van der Waals surface area contributed by atoms with Crippen LogP contribution in [0.25, 0.3) is 0 Å². The summed E-state index contributed by atoms with van der Waals surface area (Å²) in [6, 6.07) is 0. The Morgan fingerprint density at radius 2 is 0.481 bits per heavy atom. The number of allylic oxidation sites excluding steroid dienone is 12. The summed E-state index contributed by atoms with van der Waals surface area (Å²) in [5, 5.41) is 0. The van der Waals surface area contributed by atoms with Crippen LogP contribution in [0.2, 0.25) is 0 Å². The maximum Gasteiger partial charge on any atom is 0.306 e. The zero-order valence-electron chi connectivity index (χ0n) is 54.1. The highest BCUT2D eigenvalue weighted by Crippen LogP contribution is 2.19. The molecule has 470 valence electrons. The van der Waals surface area contributed by atoms with Gasteiger partial charge in [0.15, 0.2) is 6.10 Å². The summed E-state index contributed by atoms with van der Waals surface area (Å²) in [5.41, 5.74) is 0. The highest BCUT2D eigenvalue weighted by molar-refractivity contribution is 5.71. The van der Waals surface area contributed by atoms with E-state index in [0.717, 1.165) is 77.0 Å². The van der Waals surface area contributed by atoms with Crippen molar-refractivity contribution >= 4 is 17.9 Å². The van der Waals surface area contributed by atoms with Crippen molar-refractivity contribution in [2.75, 3.05) is 13.2 Å². The van der Waals surface area contributed by atoms with E-state index in [1.54, 1.807) is 0 Å². The Balaban J connectivity index is 4.11. The summed E-state index contributed by atoms with van der Waals surface area (Å²) in [7, 11) is 0. The first-order valence-electron chi connectivity index (χ1n) is 35.4. The molecule has 0 aliphatic carbocycles. The molecule has 0 aliphatic heterocycles. The van der Waals surface area contributed by atoms with Crippen molar-refractivity contribution in [3.8, 4) is 0 Å². The normalized spacial score (nSPS) is 12.5. The van der Waals surface area contributed by atoms with Gasteiger partial charge in [0, 0.05) is 19.3 Å². The summed E-state index contributed by atoms with van der Waals surface area (Å²) in [5.74, 6) is -0.971. The molecule has 1 atom stereocenters. The first kappa shape index (κ1) is 77.9. The Hall–Kier alpha value is -3.15. The molecule has 0 aromatic heterocycles. The molecule has 6 heteroatoms. The van der Waals surface area contributed by atoms with Gasteiger partial charge in [0.25, 0.3) is 0 Å². The number of carbonyl (C=O) groups is 3. The largest absolute Gasteiger partial charge is 0.462 e. The SMILES string of the molecule is CC/C=C\C/C=C\C/C=C\C/C=C\C/C=C\C/C=C\CCC(=O)OC(COC(=O)CCCCCCCCCCCC)COC(=O)CCCCCCCCCCCCCCCCCCCCCCCCCCCCCCCCCCCC. The van der Waals surface area contributed by atoms with Crippen molar-refractivity contribution in [3.05, 3.63) is 72.9 Å². The van der Waals surface area contributed by atoms with E-state index in [4.69, 9.17) is 14.2 Å². The predicted molar refractivity (Wildman–Crippen MR) is 353 cm³/mol. The van der Waals surface area contributed by atoms with E-state index >= 15 is 0 Å². The molecular weight excluding hydrogens is 997 g/mol. The smallest absolute Gasteiger partial charge is 0.306 e. The van der Waals surface area contributed by atoms with Crippen molar-refractivity contribution in [1.82, 2.24) is 0 Å². The van der Waals surface area contributed by atoms with E-state index in [9.17, 15) is 14.4 Å². The Bertz CT molecular complexity index is 1490. The number of rotatable bonds is 65. The van der Waals surface area contributed by atoms with Crippen LogP contribution in [0.15, 0.2) is 72.9 Å². The zero-order chi connectivity index (χ0) is 58.5.